The maximum absolute atomic E-state index is 12.0. The second kappa shape index (κ2) is 11.4. The zero-order valence-corrected chi connectivity index (χ0v) is 20.3. The van der Waals surface area contributed by atoms with Crippen molar-refractivity contribution >= 4 is 11.9 Å². The van der Waals surface area contributed by atoms with Crippen molar-refractivity contribution in [3.05, 3.63) is 89.0 Å². The van der Waals surface area contributed by atoms with Gasteiger partial charge in [0.15, 0.2) is 0 Å². The highest BCUT2D eigenvalue weighted by Gasteiger charge is 2.27. The predicted octanol–water partition coefficient (Wildman–Crippen LogP) is 5.55. The standard InChI is InChI=1S/C29H28N2O5/c1-3-34-29(33)17-26(31-19(2)32)21-9-13-23(14-10-21)36-28-16-15-25-24(28)5-4-6-27(25)35-22-11-7-20(18-30)8-12-22/h4-14,26,28H,3,15-17H2,1-2H3,(H,31,32)/t26?,28-/m1/s1. The maximum atomic E-state index is 12.0. The molecule has 1 unspecified atom stereocenters. The van der Waals surface area contributed by atoms with Gasteiger partial charge in [-0.1, -0.05) is 24.3 Å². The van der Waals surface area contributed by atoms with E-state index < -0.39 is 6.04 Å². The summed E-state index contributed by atoms with van der Waals surface area (Å²) in [4.78, 5) is 23.6. The van der Waals surface area contributed by atoms with E-state index in [4.69, 9.17) is 19.5 Å². The number of hydrogen-bond acceptors (Lipinski definition) is 6. The molecular weight excluding hydrogens is 456 g/mol. The van der Waals surface area contributed by atoms with E-state index in [2.05, 4.69) is 17.5 Å². The predicted molar refractivity (Wildman–Crippen MR) is 134 cm³/mol. The average molecular weight is 485 g/mol. The molecular formula is C29H28N2O5. The van der Waals surface area contributed by atoms with Crippen molar-refractivity contribution in [2.75, 3.05) is 6.61 Å². The molecule has 1 aliphatic rings. The summed E-state index contributed by atoms with van der Waals surface area (Å²) in [6.45, 7) is 3.47. The Bertz CT molecular complexity index is 1260. The fourth-order valence-corrected chi connectivity index (χ4v) is 4.35. The molecule has 184 valence electrons. The van der Waals surface area contributed by atoms with Crippen molar-refractivity contribution < 1.29 is 23.8 Å². The van der Waals surface area contributed by atoms with Crippen LogP contribution in [0.15, 0.2) is 66.7 Å². The van der Waals surface area contributed by atoms with Gasteiger partial charge in [0, 0.05) is 12.5 Å². The van der Waals surface area contributed by atoms with Crippen LogP contribution in [0.2, 0.25) is 0 Å². The van der Waals surface area contributed by atoms with Crippen LogP contribution in [0.1, 0.15) is 61.1 Å². The molecule has 3 aromatic carbocycles. The minimum atomic E-state index is -0.468. The van der Waals surface area contributed by atoms with Crippen LogP contribution in [0, 0.1) is 11.3 Å². The lowest BCUT2D eigenvalue weighted by Crippen LogP contribution is -2.28. The van der Waals surface area contributed by atoms with Crippen LogP contribution in [0.3, 0.4) is 0 Å². The smallest absolute Gasteiger partial charge is 0.308 e. The molecule has 1 amide bonds. The zero-order valence-electron chi connectivity index (χ0n) is 20.3. The Morgan fingerprint density at radius 2 is 1.78 bits per heavy atom. The molecule has 7 heteroatoms. The van der Waals surface area contributed by atoms with Crippen molar-refractivity contribution in [1.29, 1.82) is 5.26 Å². The highest BCUT2D eigenvalue weighted by molar-refractivity contribution is 5.76. The quantitative estimate of drug-likeness (QED) is 0.400. The maximum Gasteiger partial charge on any atom is 0.308 e. The van der Waals surface area contributed by atoms with E-state index >= 15 is 0 Å². The molecule has 0 saturated carbocycles. The average Bonchev–Trinajstić information content (AvgIpc) is 3.28. The zero-order chi connectivity index (χ0) is 25.5. The molecule has 1 N–H and O–H groups in total. The number of nitrogens with zero attached hydrogens (tertiary/aromatic N) is 1. The molecule has 0 aliphatic heterocycles. The Balaban J connectivity index is 1.45. The molecule has 0 heterocycles. The van der Waals surface area contributed by atoms with Gasteiger partial charge in [-0.3, -0.25) is 9.59 Å². The summed E-state index contributed by atoms with van der Waals surface area (Å²) < 4.78 is 17.4. The molecule has 0 radical (unpaired) electrons. The lowest BCUT2D eigenvalue weighted by Gasteiger charge is -2.19. The summed E-state index contributed by atoms with van der Waals surface area (Å²) in [5.41, 5.74) is 3.59. The van der Waals surface area contributed by atoms with Gasteiger partial charge in [-0.05, 0) is 73.4 Å². The van der Waals surface area contributed by atoms with Gasteiger partial charge in [0.25, 0.3) is 0 Å². The Kier molecular flexibility index (Phi) is 7.86. The normalized spacial score (nSPS) is 14.8. The van der Waals surface area contributed by atoms with Gasteiger partial charge in [-0.25, -0.2) is 0 Å². The van der Waals surface area contributed by atoms with Gasteiger partial charge in [0.2, 0.25) is 5.91 Å². The van der Waals surface area contributed by atoms with Crippen molar-refractivity contribution in [3.63, 3.8) is 0 Å². The third-order valence-corrected chi connectivity index (χ3v) is 6.00. The molecule has 2 atom stereocenters. The minimum absolute atomic E-state index is 0.0612. The van der Waals surface area contributed by atoms with Crippen molar-refractivity contribution in [1.82, 2.24) is 5.32 Å². The lowest BCUT2D eigenvalue weighted by molar-refractivity contribution is -0.143. The van der Waals surface area contributed by atoms with E-state index in [9.17, 15) is 9.59 Å². The van der Waals surface area contributed by atoms with E-state index in [1.807, 2.05) is 36.4 Å². The first kappa shape index (κ1) is 24.8. The number of ether oxygens (including phenoxy) is 3. The van der Waals surface area contributed by atoms with Crippen LogP contribution in [0.25, 0.3) is 0 Å². The molecule has 0 bridgehead atoms. The summed E-state index contributed by atoms with van der Waals surface area (Å²) in [6, 6.07) is 22.1. The minimum Gasteiger partial charge on any atom is -0.486 e. The van der Waals surface area contributed by atoms with Crippen LogP contribution in [-0.2, 0) is 20.7 Å². The highest BCUT2D eigenvalue weighted by atomic mass is 16.5. The van der Waals surface area contributed by atoms with Gasteiger partial charge in [0.05, 0.1) is 30.7 Å². The summed E-state index contributed by atoms with van der Waals surface area (Å²) in [5.74, 6) is 1.59. The highest BCUT2D eigenvalue weighted by Crippen LogP contribution is 2.41. The molecule has 4 rings (SSSR count). The SMILES string of the molecule is CCOC(=O)CC(NC(C)=O)c1ccc(O[C@@H]2CCc3c(Oc4ccc(C#N)cc4)cccc32)cc1. The molecule has 0 saturated heterocycles. The van der Waals surface area contributed by atoms with Crippen LogP contribution < -0.4 is 14.8 Å². The van der Waals surface area contributed by atoms with E-state index in [-0.39, 0.29) is 24.4 Å². The van der Waals surface area contributed by atoms with Crippen LogP contribution >= 0.6 is 0 Å². The number of carbonyl (C=O) groups is 2. The van der Waals surface area contributed by atoms with Gasteiger partial charge in [-0.15, -0.1) is 0 Å². The molecule has 1 aliphatic carbocycles. The van der Waals surface area contributed by atoms with E-state index in [1.165, 1.54) is 6.92 Å². The largest absolute Gasteiger partial charge is 0.486 e. The summed E-state index contributed by atoms with van der Waals surface area (Å²) in [5, 5.41) is 11.8. The first-order valence-electron chi connectivity index (χ1n) is 12.0. The van der Waals surface area contributed by atoms with E-state index in [1.54, 1.807) is 31.2 Å². The Hall–Kier alpha value is -4.31. The lowest BCUT2D eigenvalue weighted by atomic mass is 10.0. The number of fused-ring (bicyclic) bond motifs is 1. The number of carbonyl (C=O) groups excluding carboxylic acids is 2. The fraction of sp³-hybridized carbons (Fsp3) is 0.276. The monoisotopic (exact) mass is 484 g/mol. The van der Waals surface area contributed by atoms with Crippen LogP contribution in [0.5, 0.6) is 17.2 Å². The topological polar surface area (TPSA) is 97.7 Å². The number of benzene rings is 3. The van der Waals surface area contributed by atoms with Crippen molar-refractivity contribution in [2.24, 2.45) is 0 Å². The van der Waals surface area contributed by atoms with Gasteiger partial charge >= 0.3 is 5.97 Å². The van der Waals surface area contributed by atoms with Crippen LogP contribution in [0.4, 0.5) is 0 Å². The Morgan fingerprint density at radius 3 is 2.44 bits per heavy atom. The van der Waals surface area contributed by atoms with Gasteiger partial charge in [-0.2, -0.15) is 5.26 Å². The Morgan fingerprint density at radius 1 is 1.06 bits per heavy atom. The number of nitriles is 1. The molecule has 7 nitrogen and oxygen atoms in total. The second-order valence-corrected chi connectivity index (χ2v) is 8.54. The third-order valence-electron chi connectivity index (χ3n) is 6.00. The second-order valence-electron chi connectivity index (χ2n) is 8.54. The third kappa shape index (κ3) is 6.02. The van der Waals surface area contributed by atoms with Gasteiger partial charge < -0.3 is 19.5 Å². The Labute approximate surface area is 210 Å². The fourth-order valence-electron chi connectivity index (χ4n) is 4.35. The number of rotatable bonds is 9. The first-order valence-corrected chi connectivity index (χ1v) is 12.0. The van der Waals surface area contributed by atoms with E-state index in [0.717, 1.165) is 35.3 Å². The molecule has 0 aromatic heterocycles. The van der Waals surface area contributed by atoms with Crippen LogP contribution in [-0.4, -0.2) is 18.5 Å². The first-order chi connectivity index (χ1) is 17.5. The molecule has 0 spiro atoms. The molecule has 36 heavy (non-hydrogen) atoms. The number of nitrogens with one attached hydrogen (secondary N) is 1. The van der Waals surface area contributed by atoms with Crippen molar-refractivity contribution in [3.8, 4) is 23.3 Å². The number of hydrogen-bond donors (Lipinski definition) is 1. The van der Waals surface area contributed by atoms with E-state index in [0.29, 0.717) is 23.7 Å². The summed E-state index contributed by atoms with van der Waals surface area (Å²) in [6.07, 6.45) is 1.60. The summed E-state index contributed by atoms with van der Waals surface area (Å²) in [7, 11) is 0. The summed E-state index contributed by atoms with van der Waals surface area (Å²) >= 11 is 0. The van der Waals surface area contributed by atoms with Gasteiger partial charge in [0.1, 0.15) is 23.4 Å². The number of amides is 1. The molecule has 3 aromatic rings. The number of esters is 1. The van der Waals surface area contributed by atoms with Crippen molar-refractivity contribution in [2.45, 2.75) is 45.3 Å². The molecule has 0 fully saturated rings.